The first-order valence-corrected chi connectivity index (χ1v) is 7.50. The van der Waals surface area contributed by atoms with Crippen LogP contribution in [0.15, 0.2) is 41.8 Å². The predicted molar refractivity (Wildman–Crippen MR) is 81.8 cm³/mol. The third kappa shape index (κ3) is 3.13. The van der Waals surface area contributed by atoms with Crippen LogP contribution in [0.2, 0.25) is 0 Å². The second kappa shape index (κ2) is 6.40. The molecular formula is C16H8F4N2OS. The molecule has 1 amide bonds. The Kier molecular flexibility index (Phi) is 4.30. The van der Waals surface area contributed by atoms with Gasteiger partial charge in [-0.15, -0.1) is 11.3 Å². The highest BCUT2D eigenvalue weighted by Gasteiger charge is 2.18. The molecule has 0 aliphatic rings. The first-order valence-electron chi connectivity index (χ1n) is 6.62. The van der Waals surface area contributed by atoms with Crippen LogP contribution < -0.4 is 5.32 Å². The average molecular weight is 352 g/mol. The Hall–Kier alpha value is -2.74. The summed E-state index contributed by atoms with van der Waals surface area (Å²) in [4.78, 5) is 16.0. The normalized spacial score (nSPS) is 10.7. The molecule has 0 radical (unpaired) electrons. The fourth-order valence-electron chi connectivity index (χ4n) is 1.99. The van der Waals surface area contributed by atoms with Gasteiger partial charge in [-0.05, 0) is 30.3 Å². The Balaban J connectivity index is 1.83. The van der Waals surface area contributed by atoms with Gasteiger partial charge in [0.25, 0.3) is 5.91 Å². The van der Waals surface area contributed by atoms with Crippen molar-refractivity contribution >= 4 is 22.4 Å². The van der Waals surface area contributed by atoms with Crippen molar-refractivity contribution in [2.24, 2.45) is 0 Å². The minimum Gasteiger partial charge on any atom is -0.298 e. The molecule has 0 fully saturated rings. The number of hydrogen-bond donors (Lipinski definition) is 1. The maximum atomic E-state index is 13.6. The monoisotopic (exact) mass is 352 g/mol. The summed E-state index contributed by atoms with van der Waals surface area (Å²) in [6.07, 6.45) is 0. The van der Waals surface area contributed by atoms with Gasteiger partial charge in [-0.2, -0.15) is 0 Å². The minimum absolute atomic E-state index is 0.0717. The highest BCUT2D eigenvalue weighted by atomic mass is 32.1. The van der Waals surface area contributed by atoms with E-state index >= 15 is 0 Å². The van der Waals surface area contributed by atoms with Crippen LogP contribution in [0, 0.1) is 23.3 Å². The molecule has 1 aromatic heterocycles. The van der Waals surface area contributed by atoms with Crippen molar-refractivity contribution in [3.8, 4) is 11.3 Å². The highest BCUT2D eigenvalue weighted by molar-refractivity contribution is 7.14. The first kappa shape index (κ1) is 16.1. The van der Waals surface area contributed by atoms with Gasteiger partial charge in [-0.3, -0.25) is 10.1 Å². The van der Waals surface area contributed by atoms with E-state index in [0.29, 0.717) is 11.3 Å². The number of thiazole rings is 1. The molecule has 3 rings (SSSR count). The molecule has 0 bridgehead atoms. The van der Waals surface area contributed by atoms with E-state index in [9.17, 15) is 22.4 Å². The van der Waals surface area contributed by atoms with Crippen LogP contribution in [0.5, 0.6) is 0 Å². The van der Waals surface area contributed by atoms with E-state index in [-0.39, 0.29) is 5.13 Å². The Morgan fingerprint density at radius 2 is 1.67 bits per heavy atom. The van der Waals surface area contributed by atoms with Crippen molar-refractivity contribution in [1.29, 1.82) is 0 Å². The lowest BCUT2D eigenvalue weighted by Crippen LogP contribution is -2.15. The molecule has 1 heterocycles. The molecule has 122 valence electrons. The molecule has 0 unspecified atom stereocenters. The van der Waals surface area contributed by atoms with Crippen LogP contribution in [-0.4, -0.2) is 10.9 Å². The summed E-state index contributed by atoms with van der Waals surface area (Å²) >= 11 is 0.985. The number of amides is 1. The van der Waals surface area contributed by atoms with Crippen LogP contribution in [0.1, 0.15) is 10.4 Å². The number of rotatable bonds is 3. The SMILES string of the molecule is O=C(Nc1nc(-c2ccc(F)c(F)c2)cs1)c1c(F)cccc1F. The standard InChI is InChI=1S/C16H8F4N2OS/c17-9-5-4-8(6-12(9)20)13-7-24-16(21-13)22-15(23)14-10(18)2-1-3-11(14)19/h1-7H,(H,21,22,23). The molecule has 3 nitrogen and oxygen atoms in total. The van der Waals surface area contributed by atoms with Gasteiger partial charge in [0.15, 0.2) is 16.8 Å². The van der Waals surface area contributed by atoms with Crippen molar-refractivity contribution in [1.82, 2.24) is 4.98 Å². The number of hydrogen-bond acceptors (Lipinski definition) is 3. The van der Waals surface area contributed by atoms with Gasteiger partial charge in [-0.1, -0.05) is 6.07 Å². The summed E-state index contributed by atoms with van der Waals surface area (Å²) in [6, 6.07) is 6.32. The topological polar surface area (TPSA) is 42.0 Å². The van der Waals surface area contributed by atoms with Gasteiger partial charge in [0, 0.05) is 10.9 Å². The summed E-state index contributed by atoms with van der Waals surface area (Å²) in [6.45, 7) is 0. The summed E-state index contributed by atoms with van der Waals surface area (Å²) in [7, 11) is 0. The van der Waals surface area contributed by atoms with E-state index in [2.05, 4.69) is 10.3 Å². The smallest absolute Gasteiger partial charge is 0.263 e. The molecule has 0 atom stereocenters. The summed E-state index contributed by atoms with van der Waals surface area (Å²) < 4.78 is 53.3. The Bertz CT molecular complexity index is 906. The molecule has 3 aromatic rings. The Morgan fingerprint density at radius 3 is 2.33 bits per heavy atom. The number of aromatic nitrogens is 1. The van der Waals surface area contributed by atoms with Crippen LogP contribution in [0.4, 0.5) is 22.7 Å². The minimum atomic E-state index is -1.03. The van der Waals surface area contributed by atoms with Crippen molar-refractivity contribution < 1.29 is 22.4 Å². The van der Waals surface area contributed by atoms with Gasteiger partial charge in [0.05, 0.1) is 5.69 Å². The van der Waals surface area contributed by atoms with E-state index in [1.807, 2.05) is 0 Å². The maximum absolute atomic E-state index is 13.6. The zero-order valence-electron chi connectivity index (χ0n) is 11.8. The molecule has 0 saturated carbocycles. The second-order valence-electron chi connectivity index (χ2n) is 4.72. The molecule has 0 aliphatic carbocycles. The number of carbonyl (C=O) groups is 1. The van der Waals surface area contributed by atoms with E-state index in [1.165, 1.54) is 11.4 Å². The first-order chi connectivity index (χ1) is 11.5. The van der Waals surface area contributed by atoms with Crippen LogP contribution in [0.3, 0.4) is 0 Å². The molecule has 2 aromatic carbocycles. The van der Waals surface area contributed by atoms with Crippen molar-refractivity contribution in [3.63, 3.8) is 0 Å². The maximum Gasteiger partial charge on any atom is 0.263 e. The zero-order valence-corrected chi connectivity index (χ0v) is 12.6. The van der Waals surface area contributed by atoms with Crippen LogP contribution in [-0.2, 0) is 0 Å². The summed E-state index contributed by atoms with van der Waals surface area (Å²) in [5.41, 5.74) is -0.118. The largest absolute Gasteiger partial charge is 0.298 e. The molecule has 24 heavy (non-hydrogen) atoms. The zero-order chi connectivity index (χ0) is 17.3. The number of benzene rings is 2. The highest BCUT2D eigenvalue weighted by Crippen LogP contribution is 2.26. The number of anilines is 1. The third-order valence-electron chi connectivity index (χ3n) is 3.13. The van der Waals surface area contributed by atoms with Gasteiger partial charge in [0.1, 0.15) is 17.2 Å². The molecular weight excluding hydrogens is 344 g/mol. The molecule has 8 heteroatoms. The molecule has 0 saturated heterocycles. The van der Waals surface area contributed by atoms with Gasteiger partial charge in [0.2, 0.25) is 0 Å². The van der Waals surface area contributed by atoms with E-state index in [0.717, 1.165) is 41.7 Å². The fourth-order valence-corrected chi connectivity index (χ4v) is 2.71. The molecule has 0 spiro atoms. The lowest BCUT2D eigenvalue weighted by atomic mass is 10.1. The van der Waals surface area contributed by atoms with Gasteiger partial charge < -0.3 is 0 Å². The van der Waals surface area contributed by atoms with Gasteiger partial charge in [-0.25, -0.2) is 22.5 Å². The summed E-state index contributed by atoms with van der Waals surface area (Å²) in [5.74, 6) is -5.00. The Morgan fingerprint density at radius 1 is 0.958 bits per heavy atom. The van der Waals surface area contributed by atoms with Crippen LogP contribution in [0.25, 0.3) is 11.3 Å². The third-order valence-corrected chi connectivity index (χ3v) is 3.89. The number of nitrogens with zero attached hydrogens (tertiary/aromatic N) is 1. The second-order valence-corrected chi connectivity index (χ2v) is 5.58. The van der Waals surface area contributed by atoms with Crippen molar-refractivity contribution in [2.75, 3.05) is 5.32 Å². The fraction of sp³-hybridized carbons (Fsp3) is 0. The van der Waals surface area contributed by atoms with Crippen molar-refractivity contribution in [2.45, 2.75) is 0 Å². The Labute approximate surface area is 137 Å². The molecule has 0 aliphatic heterocycles. The molecule has 1 N–H and O–H groups in total. The van der Waals surface area contributed by atoms with Gasteiger partial charge >= 0.3 is 0 Å². The summed E-state index contributed by atoms with van der Waals surface area (Å²) in [5, 5.41) is 3.85. The lowest BCUT2D eigenvalue weighted by Gasteiger charge is -2.04. The van der Waals surface area contributed by atoms with E-state index in [4.69, 9.17) is 0 Å². The van der Waals surface area contributed by atoms with Crippen molar-refractivity contribution in [3.05, 3.63) is 70.6 Å². The average Bonchev–Trinajstić information content (AvgIpc) is 2.98. The van der Waals surface area contributed by atoms with E-state index in [1.54, 1.807) is 0 Å². The number of carbonyl (C=O) groups excluding carboxylic acids is 1. The number of halogens is 4. The number of nitrogens with one attached hydrogen (secondary N) is 1. The lowest BCUT2D eigenvalue weighted by molar-refractivity contribution is 0.101. The quantitative estimate of drug-likeness (QED) is 0.699. The predicted octanol–water partition coefficient (Wildman–Crippen LogP) is 4.62. The van der Waals surface area contributed by atoms with E-state index < -0.39 is 34.7 Å². The van der Waals surface area contributed by atoms with Crippen LogP contribution >= 0.6 is 11.3 Å².